The number of hydrogen-bond acceptors (Lipinski definition) is 6. The summed E-state index contributed by atoms with van der Waals surface area (Å²) in [6, 6.07) is 0. The molecule has 1 saturated carbocycles. The van der Waals surface area contributed by atoms with Crippen LogP contribution in [0.2, 0.25) is 0 Å². The van der Waals surface area contributed by atoms with Gasteiger partial charge in [-0.05, 0) is 49.4 Å². The third kappa shape index (κ3) is 1.98. The van der Waals surface area contributed by atoms with Crippen LogP contribution in [-0.2, 0) is 12.8 Å². The molecule has 5 nitrogen and oxygen atoms in total. The number of nitrogens with zero attached hydrogens (tertiary/aromatic N) is 4. The summed E-state index contributed by atoms with van der Waals surface area (Å²) in [5.74, 6) is 1.63. The summed E-state index contributed by atoms with van der Waals surface area (Å²) in [4.78, 5) is 16.1. The van der Waals surface area contributed by atoms with Crippen LogP contribution >= 0.6 is 23.1 Å². The highest BCUT2D eigenvalue weighted by atomic mass is 32.2. The maximum Gasteiger partial charge on any atom is 0.214 e. The van der Waals surface area contributed by atoms with Crippen LogP contribution in [0.5, 0.6) is 0 Å². The lowest BCUT2D eigenvalue weighted by molar-refractivity contribution is 0.915. The molecule has 3 aromatic rings. The highest BCUT2D eigenvalue weighted by Crippen LogP contribution is 2.42. The molecule has 0 radical (unpaired) electrons. The zero-order valence-corrected chi connectivity index (χ0v) is 12.9. The molecule has 1 fully saturated rings. The highest BCUT2D eigenvalue weighted by Gasteiger charge is 2.28. The van der Waals surface area contributed by atoms with Gasteiger partial charge >= 0.3 is 0 Å². The van der Waals surface area contributed by atoms with Crippen molar-refractivity contribution in [2.24, 2.45) is 0 Å². The Morgan fingerprint density at radius 3 is 3.10 bits per heavy atom. The molecule has 0 saturated heterocycles. The molecule has 106 valence electrons. The largest absolute Gasteiger partial charge is 0.262 e. The van der Waals surface area contributed by atoms with Crippen LogP contribution < -0.4 is 0 Å². The van der Waals surface area contributed by atoms with E-state index in [4.69, 9.17) is 0 Å². The molecule has 3 aromatic heterocycles. The molecule has 0 unspecified atom stereocenters. The molecule has 0 atom stereocenters. The van der Waals surface area contributed by atoms with E-state index < -0.39 is 0 Å². The van der Waals surface area contributed by atoms with Crippen molar-refractivity contribution >= 4 is 33.3 Å². The van der Waals surface area contributed by atoms with Crippen molar-refractivity contribution in [2.45, 2.75) is 48.2 Å². The number of H-pyrrole nitrogens is 1. The predicted octanol–water partition coefficient (Wildman–Crippen LogP) is 3.33. The Labute approximate surface area is 129 Å². The molecule has 2 aliphatic rings. The minimum atomic E-state index is 0.600. The Morgan fingerprint density at radius 1 is 1.24 bits per heavy atom. The maximum absolute atomic E-state index is 4.59. The third-order valence-electron chi connectivity index (χ3n) is 4.10. The van der Waals surface area contributed by atoms with Gasteiger partial charge in [-0.25, -0.2) is 15.0 Å². The Balaban J connectivity index is 1.56. The fourth-order valence-corrected chi connectivity index (χ4v) is 5.03. The van der Waals surface area contributed by atoms with E-state index in [2.05, 4.69) is 25.1 Å². The summed E-state index contributed by atoms with van der Waals surface area (Å²) in [7, 11) is 0. The van der Waals surface area contributed by atoms with Gasteiger partial charge in [-0.1, -0.05) is 0 Å². The van der Waals surface area contributed by atoms with Crippen molar-refractivity contribution in [3.8, 4) is 0 Å². The summed E-state index contributed by atoms with van der Waals surface area (Å²) in [5, 5.41) is 10.4. The van der Waals surface area contributed by atoms with Gasteiger partial charge in [0.2, 0.25) is 5.16 Å². The second-order valence-electron chi connectivity index (χ2n) is 5.60. The molecule has 0 spiro atoms. The molecule has 21 heavy (non-hydrogen) atoms. The topological polar surface area (TPSA) is 67.3 Å². The number of nitrogens with one attached hydrogen (secondary N) is 1. The first-order chi connectivity index (χ1) is 10.4. The molecule has 3 heterocycles. The molecule has 7 heteroatoms. The summed E-state index contributed by atoms with van der Waals surface area (Å²) >= 11 is 3.37. The van der Waals surface area contributed by atoms with Gasteiger partial charge in [0.1, 0.15) is 22.0 Å². The third-order valence-corrected chi connectivity index (χ3v) is 6.17. The molecule has 2 aliphatic carbocycles. The van der Waals surface area contributed by atoms with Gasteiger partial charge in [0.15, 0.2) is 0 Å². The Morgan fingerprint density at radius 2 is 2.19 bits per heavy atom. The second-order valence-corrected chi connectivity index (χ2v) is 7.64. The quantitative estimate of drug-likeness (QED) is 0.751. The highest BCUT2D eigenvalue weighted by molar-refractivity contribution is 7.99. The van der Waals surface area contributed by atoms with Crippen LogP contribution in [-0.4, -0.2) is 25.1 Å². The minimum Gasteiger partial charge on any atom is -0.262 e. The van der Waals surface area contributed by atoms with Gasteiger partial charge in [-0.3, -0.25) is 5.10 Å². The van der Waals surface area contributed by atoms with Gasteiger partial charge in [0, 0.05) is 16.2 Å². The average molecular weight is 315 g/mol. The first kappa shape index (κ1) is 12.1. The van der Waals surface area contributed by atoms with Gasteiger partial charge in [-0.15, -0.1) is 16.4 Å². The number of fused-ring (bicyclic) bond motifs is 3. The maximum atomic E-state index is 4.59. The van der Waals surface area contributed by atoms with Crippen molar-refractivity contribution in [1.82, 2.24) is 25.1 Å². The van der Waals surface area contributed by atoms with Gasteiger partial charge in [0.05, 0.1) is 0 Å². The fourth-order valence-electron chi connectivity index (χ4n) is 2.91. The van der Waals surface area contributed by atoms with Crippen LogP contribution in [0.15, 0.2) is 16.5 Å². The number of aromatic nitrogens is 5. The molecule has 0 amide bonds. The van der Waals surface area contributed by atoms with Crippen LogP contribution in [0.3, 0.4) is 0 Å². The summed E-state index contributed by atoms with van der Waals surface area (Å²) in [6.45, 7) is 0. The van der Waals surface area contributed by atoms with E-state index >= 15 is 0 Å². The smallest absolute Gasteiger partial charge is 0.214 e. The molecular formula is C14H13N5S2. The minimum absolute atomic E-state index is 0.600. The lowest BCUT2D eigenvalue weighted by Gasteiger charge is -2.00. The zero-order chi connectivity index (χ0) is 13.8. The molecule has 0 aromatic carbocycles. The van der Waals surface area contributed by atoms with Crippen molar-refractivity contribution in [1.29, 1.82) is 0 Å². The zero-order valence-electron chi connectivity index (χ0n) is 11.3. The number of rotatable bonds is 3. The van der Waals surface area contributed by atoms with Crippen molar-refractivity contribution in [2.75, 3.05) is 0 Å². The first-order valence-corrected chi connectivity index (χ1v) is 8.87. The summed E-state index contributed by atoms with van der Waals surface area (Å²) in [5.41, 5.74) is 1.45. The molecule has 0 bridgehead atoms. The van der Waals surface area contributed by atoms with Crippen LogP contribution in [0.25, 0.3) is 10.2 Å². The van der Waals surface area contributed by atoms with Crippen molar-refractivity contribution in [3.63, 3.8) is 0 Å². The van der Waals surface area contributed by atoms with E-state index in [-0.39, 0.29) is 0 Å². The van der Waals surface area contributed by atoms with Crippen LogP contribution in [0.4, 0.5) is 0 Å². The summed E-state index contributed by atoms with van der Waals surface area (Å²) < 4.78 is 0. The van der Waals surface area contributed by atoms with E-state index in [1.54, 1.807) is 18.1 Å². The lowest BCUT2D eigenvalue weighted by Crippen LogP contribution is -1.88. The van der Waals surface area contributed by atoms with Gasteiger partial charge in [0.25, 0.3) is 0 Å². The molecule has 0 aliphatic heterocycles. The number of thiophene rings is 1. The predicted molar refractivity (Wildman–Crippen MR) is 81.9 cm³/mol. The SMILES string of the molecule is c1nc(Sc2n[nH]c(C3CC3)n2)c2c3c(sc2n1)CCC3. The van der Waals surface area contributed by atoms with Crippen molar-refractivity contribution in [3.05, 3.63) is 22.6 Å². The van der Waals surface area contributed by atoms with E-state index in [1.807, 2.05) is 11.3 Å². The standard InChI is InChI=1S/C14H13N5S2/c1-2-8-9(3-1)20-12-10(8)13(16-6-15-12)21-14-17-11(18-19-14)7-4-5-7/h6-7H,1-5H2,(H,17,18,19). The fraction of sp³-hybridized carbons (Fsp3) is 0.429. The molecule has 1 N–H and O–H groups in total. The molecular weight excluding hydrogens is 302 g/mol. The monoisotopic (exact) mass is 315 g/mol. The van der Waals surface area contributed by atoms with Crippen LogP contribution in [0, 0.1) is 0 Å². The van der Waals surface area contributed by atoms with Gasteiger partial charge in [-0.2, -0.15) is 0 Å². The first-order valence-electron chi connectivity index (χ1n) is 7.24. The summed E-state index contributed by atoms with van der Waals surface area (Å²) in [6.07, 6.45) is 7.71. The Kier molecular flexibility index (Phi) is 2.60. The lowest BCUT2D eigenvalue weighted by atomic mass is 10.2. The number of aromatic amines is 1. The van der Waals surface area contributed by atoms with Gasteiger partial charge < -0.3 is 0 Å². The normalized spacial score (nSPS) is 17.5. The number of aryl methyl sites for hydroxylation is 2. The van der Waals surface area contributed by atoms with E-state index in [0.717, 1.165) is 27.3 Å². The van der Waals surface area contributed by atoms with Crippen molar-refractivity contribution < 1.29 is 0 Å². The Hall–Kier alpha value is -1.47. The number of hydrogen-bond donors (Lipinski definition) is 1. The second kappa shape index (κ2) is 4.51. The molecule has 5 rings (SSSR count). The average Bonchev–Trinajstić information content (AvgIpc) is 2.92. The Bertz CT molecular complexity index is 833. The van der Waals surface area contributed by atoms with E-state index in [0.29, 0.717) is 5.92 Å². The van der Waals surface area contributed by atoms with E-state index in [9.17, 15) is 0 Å². The van der Waals surface area contributed by atoms with Crippen LogP contribution in [0.1, 0.15) is 41.4 Å². The van der Waals surface area contributed by atoms with E-state index in [1.165, 1.54) is 41.5 Å².